The Balaban J connectivity index is 2.20. The van der Waals surface area contributed by atoms with Crippen molar-refractivity contribution in [2.24, 2.45) is 0 Å². The molecule has 4 heteroatoms. The summed E-state index contributed by atoms with van der Waals surface area (Å²) in [7, 11) is 1.94. The first-order valence-corrected chi connectivity index (χ1v) is 8.01. The maximum absolute atomic E-state index is 14.3. The molecular formula is C17H23FN2S. The second-order valence-electron chi connectivity index (χ2n) is 6.29. The molecule has 1 aromatic carbocycles. The summed E-state index contributed by atoms with van der Waals surface area (Å²) in [6.07, 6.45) is 0. The Morgan fingerprint density at radius 1 is 1.19 bits per heavy atom. The van der Waals surface area contributed by atoms with Crippen LogP contribution in [0, 0.1) is 5.82 Å². The highest BCUT2D eigenvalue weighted by Crippen LogP contribution is 2.26. The average Bonchev–Trinajstić information content (AvgIpc) is 2.88. The molecule has 0 aliphatic carbocycles. The molecule has 1 aromatic heterocycles. The van der Waals surface area contributed by atoms with E-state index in [0.717, 1.165) is 12.1 Å². The molecule has 0 aliphatic rings. The van der Waals surface area contributed by atoms with Crippen LogP contribution in [0.3, 0.4) is 0 Å². The van der Waals surface area contributed by atoms with Gasteiger partial charge in [0, 0.05) is 24.0 Å². The number of nitrogens with zero attached hydrogens (tertiary/aromatic N) is 1. The first-order chi connectivity index (χ1) is 9.87. The minimum Gasteiger partial charge on any atom is -0.367 e. The second kappa shape index (κ2) is 6.58. The lowest BCUT2D eigenvalue weighted by molar-refractivity contribution is 0.423. The number of benzene rings is 1. The molecule has 21 heavy (non-hydrogen) atoms. The van der Waals surface area contributed by atoms with Crippen LogP contribution in [0.2, 0.25) is 0 Å². The zero-order chi connectivity index (χ0) is 15.5. The van der Waals surface area contributed by atoms with Crippen molar-refractivity contribution in [1.29, 1.82) is 0 Å². The molecule has 0 bridgehead atoms. The third kappa shape index (κ3) is 4.55. The third-order valence-corrected chi connectivity index (χ3v) is 4.10. The van der Waals surface area contributed by atoms with Crippen molar-refractivity contribution >= 4 is 17.0 Å². The molecule has 0 saturated carbocycles. The summed E-state index contributed by atoms with van der Waals surface area (Å²) in [6, 6.07) is 9.40. The highest BCUT2D eigenvalue weighted by molar-refractivity contribution is 7.09. The number of thiophene rings is 1. The van der Waals surface area contributed by atoms with Crippen LogP contribution >= 0.6 is 11.3 Å². The fourth-order valence-electron chi connectivity index (χ4n) is 2.21. The summed E-state index contributed by atoms with van der Waals surface area (Å²) < 4.78 is 14.3. The fourth-order valence-corrected chi connectivity index (χ4v) is 2.96. The van der Waals surface area contributed by atoms with Crippen LogP contribution in [-0.4, -0.2) is 12.6 Å². The van der Waals surface area contributed by atoms with Gasteiger partial charge in [-0.3, -0.25) is 0 Å². The first kappa shape index (κ1) is 16.0. The summed E-state index contributed by atoms with van der Waals surface area (Å²) in [6.45, 7) is 7.72. The lowest BCUT2D eigenvalue weighted by atomic mass is 10.1. The zero-order valence-corrected chi connectivity index (χ0v) is 13.9. The number of hydrogen-bond acceptors (Lipinski definition) is 3. The van der Waals surface area contributed by atoms with E-state index in [2.05, 4.69) is 32.2 Å². The predicted octanol–water partition coefficient (Wildman–Crippen LogP) is 4.41. The Bertz CT molecular complexity index is 573. The number of anilines is 1. The van der Waals surface area contributed by atoms with Crippen LogP contribution in [-0.2, 0) is 13.1 Å². The molecule has 114 valence electrons. The largest absolute Gasteiger partial charge is 0.367 e. The van der Waals surface area contributed by atoms with Crippen LogP contribution in [0.1, 0.15) is 31.2 Å². The molecule has 0 spiro atoms. The highest BCUT2D eigenvalue weighted by atomic mass is 32.1. The van der Waals surface area contributed by atoms with E-state index in [1.54, 1.807) is 17.4 Å². The molecule has 1 heterocycles. The first-order valence-electron chi connectivity index (χ1n) is 7.13. The monoisotopic (exact) mass is 306 g/mol. The average molecular weight is 306 g/mol. The van der Waals surface area contributed by atoms with Crippen LogP contribution in [0.25, 0.3) is 0 Å². The summed E-state index contributed by atoms with van der Waals surface area (Å²) >= 11 is 1.70. The SMILES string of the molecule is CN(Cc1cccs1)c1c(F)cccc1CNC(C)(C)C. The molecule has 2 nitrogen and oxygen atoms in total. The van der Waals surface area contributed by atoms with Gasteiger partial charge in [-0.15, -0.1) is 11.3 Å². The van der Waals surface area contributed by atoms with E-state index in [-0.39, 0.29) is 11.4 Å². The number of para-hydroxylation sites is 1. The summed E-state index contributed by atoms with van der Waals surface area (Å²) in [5.74, 6) is -0.165. The normalized spacial score (nSPS) is 11.7. The van der Waals surface area contributed by atoms with Gasteiger partial charge in [-0.2, -0.15) is 0 Å². The minimum absolute atomic E-state index is 0.00983. The van der Waals surface area contributed by atoms with Crippen molar-refractivity contribution < 1.29 is 4.39 Å². The molecule has 2 rings (SSSR count). The van der Waals surface area contributed by atoms with Crippen LogP contribution in [0.4, 0.5) is 10.1 Å². The Kier molecular flexibility index (Phi) is 5.01. The molecule has 1 N–H and O–H groups in total. The Morgan fingerprint density at radius 2 is 1.95 bits per heavy atom. The Labute approximate surface area is 130 Å². The standard InChI is InChI=1S/C17H23FN2S/c1-17(2,3)19-11-13-7-5-9-15(18)16(13)20(4)12-14-8-6-10-21-14/h5-10,19H,11-12H2,1-4H3. The van der Waals surface area contributed by atoms with E-state index in [9.17, 15) is 4.39 Å². The fraction of sp³-hybridized carbons (Fsp3) is 0.412. The molecule has 0 radical (unpaired) electrons. The predicted molar refractivity (Wildman–Crippen MR) is 89.4 cm³/mol. The van der Waals surface area contributed by atoms with Gasteiger partial charge >= 0.3 is 0 Å². The number of rotatable bonds is 5. The molecule has 2 aromatic rings. The van der Waals surface area contributed by atoms with Gasteiger partial charge in [0.25, 0.3) is 0 Å². The molecule has 0 aliphatic heterocycles. The van der Waals surface area contributed by atoms with Gasteiger partial charge < -0.3 is 10.2 Å². The topological polar surface area (TPSA) is 15.3 Å². The lowest BCUT2D eigenvalue weighted by Gasteiger charge is -2.25. The van der Waals surface area contributed by atoms with Gasteiger partial charge in [0.2, 0.25) is 0 Å². The smallest absolute Gasteiger partial charge is 0.146 e. The summed E-state index contributed by atoms with van der Waals surface area (Å²) in [4.78, 5) is 3.22. The Morgan fingerprint density at radius 3 is 2.57 bits per heavy atom. The lowest BCUT2D eigenvalue weighted by Crippen LogP contribution is -2.35. The molecule has 0 amide bonds. The van der Waals surface area contributed by atoms with Gasteiger partial charge in [-0.25, -0.2) is 4.39 Å². The van der Waals surface area contributed by atoms with Gasteiger partial charge in [-0.05, 0) is 43.8 Å². The van der Waals surface area contributed by atoms with Gasteiger partial charge in [0.1, 0.15) is 5.82 Å². The van der Waals surface area contributed by atoms with Crippen molar-refractivity contribution in [1.82, 2.24) is 5.32 Å². The number of hydrogen-bond donors (Lipinski definition) is 1. The van der Waals surface area contributed by atoms with Crippen LogP contribution < -0.4 is 10.2 Å². The minimum atomic E-state index is -0.165. The van der Waals surface area contributed by atoms with E-state index < -0.39 is 0 Å². The van der Waals surface area contributed by atoms with E-state index in [4.69, 9.17) is 0 Å². The summed E-state index contributed by atoms with van der Waals surface area (Å²) in [5.41, 5.74) is 1.68. The second-order valence-corrected chi connectivity index (χ2v) is 7.32. The number of halogens is 1. The van der Waals surface area contributed by atoms with E-state index in [0.29, 0.717) is 12.2 Å². The van der Waals surface area contributed by atoms with Crippen molar-refractivity contribution in [2.45, 2.75) is 39.4 Å². The molecule has 0 atom stereocenters. The van der Waals surface area contributed by atoms with Crippen LogP contribution in [0.15, 0.2) is 35.7 Å². The molecule has 0 unspecified atom stereocenters. The molecule has 0 fully saturated rings. The highest BCUT2D eigenvalue weighted by Gasteiger charge is 2.16. The number of nitrogens with one attached hydrogen (secondary N) is 1. The van der Waals surface area contributed by atoms with Crippen molar-refractivity contribution in [3.8, 4) is 0 Å². The van der Waals surface area contributed by atoms with E-state index in [1.807, 2.05) is 29.5 Å². The van der Waals surface area contributed by atoms with Crippen molar-refractivity contribution in [3.05, 3.63) is 52.0 Å². The third-order valence-electron chi connectivity index (χ3n) is 3.23. The zero-order valence-electron chi connectivity index (χ0n) is 13.1. The van der Waals surface area contributed by atoms with Gasteiger partial charge in [-0.1, -0.05) is 18.2 Å². The molecule has 0 saturated heterocycles. The van der Waals surface area contributed by atoms with E-state index in [1.165, 1.54) is 10.9 Å². The van der Waals surface area contributed by atoms with E-state index >= 15 is 0 Å². The van der Waals surface area contributed by atoms with Crippen LogP contribution in [0.5, 0.6) is 0 Å². The maximum Gasteiger partial charge on any atom is 0.146 e. The molecular weight excluding hydrogens is 283 g/mol. The quantitative estimate of drug-likeness (QED) is 0.880. The van der Waals surface area contributed by atoms with Gasteiger partial charge in [0.15, 0.2) is 0 Å². The summed E-state index contributed by atoms with van der Waals surface area (Å²) in [5, 5.41) is 5.48. The Hall–Kier alpha value is -1.39. The van der Waals surface area contributed by atoms with Crippen molar-refractivity contribution in [3.63, 3.8) is 0 Å². The maximum atomic E-state index is 14.3. The van der Waals surface area contributed by atoms with Gasteiger partial charge in [0.05, 0.1) is 12.2 Å². The van der Waals surface area contributed by atoms with Crippen molar-refractivity contribution in [2.75, 3.05) is 11.9 Å².